The summed E-state index contributed by atoms with van der Waals surface area (Å²) < 4.78 is 53.8. The molecule has 39 heavy (non-hydrogen) atoms. The number of alkyl halides is 3. The van der Waals surface area contributed by atoms with Gasteiger partial charge in [-0.1, -0.05) is 18.2 Å². The lowest BCUT2D eigenvalue weighted by atomic mass is 9.96. The Morgan fingerprint density at radius 3 is 2.54 bits per heavy atom. The first kappa shape index (κ1) is 28.9. The third-order valence-electron chi connectivity index (χ3n) is 5.47. The molecule has 3 N–H and O–H groups in total. The van der Waals surface area contributed by atoms with Crippen LogP contribution in [0.15, 0.2) is 59.5 Å². The van der Waals surface area contributed by atoms with Gasteiger partial charge in [0, 0.05) is 18.8 Å². The smallest absolute Gasteiger partial charge is 0.505 e. The fourth-order valence-corrected chi connectivity index (χ4v) is 3.71. The number of amides is 2. The number of nitrogens with zero attached hydrogens (tertiary/aromatic N) is 1. The maximum Gasteiger partial charge on any atom is 0.573 e. The van der Waals surface area contributed by atoms with Crippen LogP contribution >= 0.6 is 0 Å². The van der Waals surface area contributed by atoms with Gasteiger partial charge in [0.2, 0.25) is 0 Å². The normalized spacial score (nSPS) is 11.8. The van der Waals surface area contributed by atoms with Gasteiger partial charge in [-0.3, -0.25) is 9.59 Å². The number of carbonyl (C=O) groups is 2. The van der Waals surface area contributed by atoms with Gasteiger partial charge in [-0.2, -0.15) is 0 Å². The van der Waals surface area contributed by atoms with Crippen molar-refractivity contribution in [3.63, 3.8) is 0 Å². The largest absolute Gasteiger partial charge is 0.573 e. The number of rotatable bonds is 9. The molecule has 0 saturated carbocycles. The number of aromatic nitrogens is 1. The molecule has 0 aliphatic carbocycles. The minimum atomic E-state index is -4.89. The lowest BCUT2D eigenvalue weighted by Crippen LogP contribution is -2.36. The molecule has 0 saturated heterocycles. The van der Waals surface area contributed by atoms with E-state index in [4.69, 9.17) is 9.47 Å². The summed E-state index contributed by atoms with van der Waals surface area (Å²) in [4.78, 5) is 37.5. The number of benzene rings is 2. The van der Waals surface area contributed by atoms with Gasteiger partial charge < -0.3 is 34.5 Å². The quantitative estimate of drug-likeness (QED) is 0.336. The Hall–Kier alpha value is -4.68. The van der Waals surface area contributed by atoms with Crippen LogP contribution in [0.5, 0.6) is 17.2 Å². The zero-order valence-corrected chi connectivity index (χ0v) is 21.2. The third-order valence-corrected chi connectivity index (χ3v) is 5.47. The number of carbonyl (C=O) groups excluding carboxylic acids is 2. The van der Waals surface area contributed by atoms with Gasteiger partial charge in [0.25, 0.3) is 5.56 Å². The van der Waals surface area contributed by atoms with Crippen LogP contribution in [0.25, 0.3) is 11.1 Å². The molecule has 0 bridgehead atoms. The van der Waals surface area contributed by atoms with Gasteiger partial charge in [-0.05, 0) is 48.4 Å². The minimum absolute atomic E-state index is 0.0888. The first-order valence-electron chi connectivity index (χ1n) is 11.6. The van der Waals surface area contributed by atoms with Crippen molar-refractivity contribution in [1.82, 2.24) is 9.88 Å². The van der Waals surface area contributed by atoms with E-state index in [1.807, 2.05) is 0 Å². The zero-order valence-electron chi connectivity index (χ0n) is 21.2. The first-order valence-corrected chi connectivity index (χ1v) is 11.6. The van der Waals surface area contributed by atoms with Gasteiger partial charge in [0.15, 0.2) is 5.69 Å². The Morgan fingerprint density at radius 1 is 1.13 bits per heavy atom. The number of esters is 1. The number of anilines is 1. The molecule has 1 aromatic heterocycles. The van der Waals surface area contributed by atoms with Gasteiger partial charge in [0.1, 0.15) is 17.2 Å². The number of halogens is 3. The number of aromatic hydroxyl groups is 1. The molecule has 0 spiro atoms. The van der Waals surface area contributed by atoms with Gasteiger partial charge in [-0.25, -0.2) is 4.79 Å². The van der Waals surface area contributed by atoms with Gasteiger partial charge in [0.05, 0.1) is 26.2 Å². The highest BCUT2D eigenvalue weighted by atomic mass is 19.4. The number of methoxy groups -OCH3 is 1. The Balaban J connectivity index is 1.98. The number of ether oxygens (including phenoxy) is 3. The molecule has 0 fully saturated rings. The van der Waals surface area contributed by atoms with Crippen LogP contribution in [-0.2, 0) is 16.6 Å². The number of urea groups is 1. The highest BCUT2D eigenvalue weighted by molar-refractivity contribution is 5.91. The van der Waals surface area contributed by atoms with Crippen molar-refractivity contribution in [1.29, 1.82) is 0 Å². The molecule has 0 radical (unpaired) electrons. The Kier molecular flexibility index (Phi) is 9.07. The predicted molar refractivity (Wildman–Crippen MR) is 135 cm³/mol. The molecule has 3 aromatic rings. The summed E-state index contributed by atoms with van der Waals surface area (Å²) >= 11 is 0. The number of aryl methyl sites for hydroxylation is 1. The van der Waals surface area contributed by atoms with Crippen LogP contribution in [-0.4, -0.2) is 41.8 Å². The molecule has 0 aliphatic heterocycles. The highest BCUT2D eigenvalue weighted by Crippen LogP contribution is 2.36. The van der Waals surface area contributed by atoms with E-state index in [9.17, 15) is 32.7 Å². The molecule has 13 heteroatoms. The summed E-state index contributed by atoms with van der Waals surface area (Å²) in [6.45, 7) is 1.70. The standard InChI is InChI=1S/C26H26F3N3O7/c1-4-38-22(34)14-19(30-25(36)31-23-20(33)10-11-32(2)24(23)35)16-8-9-21(37-3)18(13-16)15-6-5-7-17(12-15)39-26(27,28)29/h5-13,19,33H,4,14H2,1-3H3,(H2,30,31,36)/t19-/m0/s1. The van der Waals surface area contributed by atoms with Crippen molar-refractivity contribution in [2.75, 3.05) is 19.0 Å². The second-order valence-electron chi connectivity index (χ2n) is 8.19. The van der Waals surface area contributed by atoms with Crippen molar-refractivity contribution in [3.8, 4) is 28.4 Å². The molecule has 1 atom stereocenters. The average Bonchev–Trinajstić information content (AvgIpc) is 2.87. The summed E-state index contributed by atoms with van der Waals surface area (Å²) in [6, 6.07) is 9.17. The van der Waals surface area contributed by atoms with E-state index in [0.29, 0.717) is 22.4 Å². The van der Waals surface area contributed by atoms with Crippen LogP contribution < -0.4 is 25.7 Å². The molecule has 208 valence electrons. The van der Waals surface area contributed by atoms with Gasteiger partial charge in [-0.15, -0.1) is 13.2 Å². The van der Waals surface area contributed by atoms with E-state index >= 15 is 0 Å². The number of hydrogen-bond donors (Lipinski definition) is 3. The first-order chi connectivity index (χ1) is 18.4. The SMILES string of the molecule is CCOC(=O)C[C@H](NC(=O)Nc1c(O)ccn(C)c1=O)c1ccc(OC)c(-c2cccc(OC(F)(F)F)c2)c1. The topological polar surface area (TPSA) is 128 Å². The fourth-order valence-electron chi connectivity index (χ4n) is 3.71. The highest BCUT2D eigenvalue weighted by Gasteiger charge is 2.31. The molecular formula is C26H26F3N3O7. The molecule has 3 rings (SSSR count). The second-order valence-corrected chi connectivity index (χ2v) is 8.19. The van der Waals surface area contributed by atoms with Crippen LogP contribution in [0.4, 0.5) is 23.7 Å². The Bertz CT molecular complexity index is 1410. The summed E-state index contributed by atoms with van der Waals surface area (Å²) in [7, 11) is 2.81. The Labute approximate surface area is 220 Å². The molecule has 2 amide bonds. The van der Waals surface area contributed by atoms with E-state index in [2.05, 4.69) is 15.4 Å². The van der Waals surface area contributed by atoms with Crippen LogP contribution in [0.2, 0.25) is 0 Å². The van der Waals surface area contributed by atoms with Crippen molar-refractivity contribution >= 4 is 17.7 Å². The third kappa shape index (κ3) is 7.66. The average molecular weight is 550 g/mol. The van der Waals surface area contributed by atoms with Crippen molar-refractivity contribution in [2.24, 2.45) is 7.05 Å². The maximum absolute atomic E-state index is 12.8. The fraction of sp³-hybridized carbons (Fsp3) is 0.269. The number of pyridine rings is 1. The maximum atomic E-state index is 12.8. The van der Waals surface area contributed by atoms with Crippen LogP contribution in [0.3, 0.4) is 0 Å². The molecular weight excluding hydrogens is 523 g/mol. The molecule has 0 unspecified atom stereocenters. The lowest BCUT2D eigenvalue weighted by molar-refractivity contribution is -0.274. The van der Waals surface area contributed by atoms with Crippen LogP contribution in [0, 0.1) is 0 Å². The minimum Gasteiger partial charge on any atom is -0.505 e. The number of nitrogens with one attached hydrogen (secondary N) is 2. The van der Waals surface area contributed by atoms with E-state index in [0.717, 1.165) is 10.6 Å². The van der Waals surface area contributed by atoms with Gasteiger partial charge >= 0.3 is 18.4 Å². The zero-order chi connectivity index (χ0) is 28.7. The number of hydrogen-bond acceptors (Lipinski definition) is 7. The molecule has 2 aromatic carbocycles. The van der Waals surface area contributed by atoms with E-state index < -0.39 is 41.5 Å². The Morgan fingerprint density at radius 2 is 1.87 bits per heavy atom. The van der Waals surface area contributed by atoms with Crippen molar-refractivity contribution in [2.45, 2.75) is 25.7 Å². The van der Waals surface area contributed by atoms with Crippen LogP contribution in [0.1, 0.15) is 24.9 Å². The van der Waals surface area contributed by atoms with E-state index in [1.54, 1.807) is 19.1 Å². The van der Waals surface area contributed by atoms with E-state index in [-0.39, 0.29) is 18.7 Å². The second kappa shape index (κ2) is 12.2. The van der Waals surface area contributed by atoms with Crippen molar-refractivity contribution < 1.29 is 42.1 Å². The van der Waals surface area contributed by atoms with E-state index in [1.165, 1.54) is 50.7 Å². The summed E-state index contributed by atoms with van der Waals surface area (Å²) in [5.74, 6) is -1.24. The lowest BCUT2D eigenvalue weighted by Gasteiger charge is -2.21. The van der Waals surface area contributed by atoms with Crippen molar-refractivity contribution in [3.05, 3.63) is 70.6 Å². The molecule has 1 heterocycles. The monoisotopic (exact) mass is 549 g/mol. The summed E-state index contributed by atoms with van der Waals surface area (Å²) in [6.07, 6.45) is -3.89. The molecule has 10 nitrogen and oxygen atoms in total. The summed E-state index contributed by atoms with van der Waals surface area (Å²) in [5, 5.41) is 14.9. The predicted octanol–water partition coefficient (Wildman–Crippen LogP) is 4.48. The molecule has 0 aliphatic rings. The summed E-state index contributed by atoms with van der Waals surface area (Å²) in [5.41, 5.74) is 0.00570.